The van der Waals surface area contributed by atoms with Crippen LogP contribution in [0, 0.1) is 5.92 Å². The van der Waals surface area contributed by atoms with Gasteiger partial charge < -0.3 is 15.4 Å². The molecule has 1 fully saturated rings. The number of pyridine rings is 1. The van der Waals surface area contributed by atoms with Crippen LogP contribution >= 0.6 is 11.8 Å². The van der Waals surface area contributed by atoms with Gasteiger partial charge >= 0.3 is 0 Å². The lowest BCUT2D eigenvalue weighted by Crippen LogP contribution is -2.46. The van der Waals surface area contributed by atoms with Crippen LogP contribution in [0.2, 0.25) is 0 Å². The van der Waals surface area contributed by atoms with Gasteiger partial charge in [0, 0.05) is 18.8 Å². The molecule has 1 aromatic heterocycles. The maximum atomic E-state index is 12.3. The van der Waals surface area contributed by atoms with Gasteiger partial charge in [-0.15, -0.1) is 0 Å². The molecule has 0 saturated heterocycles. The lowest BCUT2D eigenvalue weighted by molar-refractivity contribution is 0.0723. The minimum Gasteiger partial charge on any atom is -0.502 e. The van der Waals surface area contributed by atoms with Crippen LogP contribution in [0.4, 0.5) is 0 Å². The van der Waals surface area contributed by atoms with Crippen molar-refractivity contribution in [2.75, 3.05) is 30.1 Å². The van der Waals surface area contributed by atoms with E-state index < -0.39 is 11.2 Å². The molecule has 2 N–H and O–H groups in total. The first kappa shape index (κ1) is 14.3. The van der Waals surface area contributed by atoms with Crippen molar-refractivity contribution in [1.82, 2.24) is 9.58 Å². The van der Waals surface area contributed by atoms with Crippen molar-refractivity contribution >= 4 is 17.7 Å². The van der Waals surface area contributed by atoms with Crippen molar-refractivity contribution < 1.29 is 9.90 Å². The zero-order valence-electron chi connectivity index (χ0n) is 11.7. The molecule has 1 aliphatic carbocycles. The largest absolute Gasteiger partial charge is 0.502 e. The number of carbonyl (C=O) groups excluding carboxylic acids is 1. The van der Waals surface area contributed by atoms with Crippen molar-refractivity contribution in [2.24, 2.45) is 5.92 Å². The number of aromatic hydroxyl groups is 1. The summed E-state index contributed by atoms with van der Waals surface area (Å²) in [4.78, 5) is 25.4. The zero-order chi connectivity index (χ0) is 14.8. The molecule has 0 spiro atoms. The van der Waals surface area contributed by atoms with E-state index >= 15 is 0 Å². The first-order valence-electron chi connectivity index (χ1n) is 7.22. The van der Waals surface area contributed by atoms with Crippen LogP contribution in [0.25, 0.3) is 0 Å². The van der Waals surface area contributed by atoms with E-state index in [0.717, 1.165) is 18.1 Å². The lowest BCUT2D eigenvalue weighted by Gasteiger charge is -2.31. The van der Waals surface area contributed by atoms with Crippen LogP contribution in [-0.4, -0.2) is 45.3 Å². The summed E-state index contributed by atoms with van der Waals surface area (Å²) in [5.41, 5.74) is 2.49. The van der Waals surface area contributed by atoms with Crippen LogP contribution < -0.4 is 10.9 Å². The Balaban J connectivity index is 1.56. The van der Waals surface area contributed by atoms with Crippen LogP contribution in [0.5, 0.6) is 5.75 Å². The van der Waals surface area contributed by atoms with Gasteiger partial charge in [0.2, 0.25) is 5.43 Å². The molecule has 0 aromatic carbocycles. The molecule has 2 aliphatic rings. The van der Waals surface area contributed by atoms with E-state index in [0.29, 0.717) is 13.2 Å². The molecule has 0 radical (unpaired) electrons. The molecular formula is C14H19N3O3S. The Morgan fingerprint density at radius 2 is 2.19 bits per heavy atom. The van der Waals surface area contributed by atoms with E-state index in [9.17, 15) is 14.7 Å². The lowest BCUT2D eigenvalue weighted by atomic mass is 10.2. The topological polar surface area (TPSA) is 74.6 Å². The Kier molecular flexibility index (Phi) is 4.10. The molecule has 2 heterocycles. The molecule has 1 aliphatic heterocycles. The Hall–Kier alpha value is -1.63. The van der Waals surface area contributed by atoms with E-state index in [4.69, 9.17) is 0 Å². The minimum absolute atomic E-state index is 0.0272. The van der Waals surface area contributed by atoms with Gasteiger partial charge in [-0.3, -0.25) is 14.3 Å². The fourth-order valence-electron chi connectivity index (χ4n) is 2.32. The summed E-state index contributed by atoms with van der Waals surface area (Å²) in [5, 5.41) is 9.78. The Bertz CT molecular complexity index is 598. The van der Waals surface area contributed by atoms with Crippen molar-refractivity contribution in [3.05, 3.63) is 28.2 Å². The van der Waals surface area contributed by atoms with Crippen molar-refractivity contribution in [2.45, 2.75) is 19.3 Å². The maximum absolute atomic E-state index is 12.3. The highest BCUT2D eigenvalue weighted by atomic mass is 32.2. The average Bonchev–Trinajstić information content (AvgIpc) is 3.28. The quantitative estimate of drug-likeness (QED) is 0.768. The maximum Gasteiger partial charge on any atom is 0.277 e. The molecular weight excluding hydrogens is 290 g/mol. The highest BCUT2D eigenvalue weighted by Crippen LogP contribution is 2.32. The standard InChI is InChI=1S/C14H19N3O3S/c18-11-4-6-17-12(13(11)19)14(20)16(9-15-17)5-1-7-21-8-10-2-3-10/h4,6,10,15,19H,1-3,5,7-9H2. The molecule has 3 rings (SSSR count). The third-order valence-corrected chi connectivity index (χ3v) is 5.05. The summed E-state index contributed by atoms with van der Waals surface area (Å²) in [6, 6.07) is 1.24. The number of hydrogen-bond acceptors (Lipinski definition) is 5. The second-order valence-electron chi connectivity index (χ2n) is 5.50. The van der Waals surface area contributed by atoms with Gasteiger partial charge in [0.15, 0.2) is 11.4 Å². The van der Waals surface area contributed by atoms with E-state index in [1.165, 1.54) is 35.5 Å². The third-order valence-electron chi connectivity index (χ3n) is 3.76. The SMILES string of the molecule is O=C1c2c(O)c(=O)ccn2NCN1CCCSCC1CC1. The van der Waals surface area contributed by atoms with Crippen molar-refractivity contribution in [3.63, 3.8) is 0 Å². The first-order chi connectivity index (χ1) is 10.2. The zero-order valence-corrected chi connectivity index (χ0v) is 12.6. The van der Waals surface area contributed by atoms with Crippen LogP contribution in [0.3, 0.4) is 0 Å². The number of carbonyl (C=O) groups is 1. The van der Waals surface area contributed by atoms with Crippen LogP contribution in [0.15, 0.2) is 17.1 Å². The number of hydrogen-bond donors (Lipinski definition) is 2. The smallest absolute Gasteiger partial charge is 0.277 e. The number of aromatic nitrogens is 1. The summed E-state index contributed by atoms with van der Waals surface area (Å²) in [6.07, 6.45) is 5.12. The molecule has 6 nitrogen and oxygen atoms in total. The fraction of sp³-hybridized carbons (Fsp3) is 0.571. The fourth-order valence-corrected chi connectivity index (χ4v) is 3.48. The summed E-state index contributed by atoms with van der Waals surface area (Å²) in [6.45, 7) is 1.02. The third kappa shape index (κ3) is 3.18. The second-order valence-corrected chi connectivity index (χ2v) is 6.65. The van der Waals surface area contributed by atoms with E-state index in [1.807, 2.05) is 11.8 Å². The molecule has 1 amide bonds. The highest BCUT2D eigenvalue weighted by Gasteiger charge is 2.27. The summed E-state index contributed by atoms with van der Waals surface area (Å²) in [5.74, 6) is 2.40. The highest BCUT2D eigenvalue weighted by molar-refractivity contribution is 7.99. The summed E-state index contributed by atoms with van der Waals surface area (Å²) < 4.78 is 1.41. The molecule has 0 unspecified atom stereocenters. The predicted octanol–water partition coefficient (Wildman–Crippen LogP) is 1.04. The van der Waals surface area contributed by atoms with E-state index in [-0.39, 0.29) is 11.6 Å². The number of nitrogens with one attached hydrogen (secondary N) is 1. The number of amides is 1. The van der Waals surface area contributed by atoms with Gasteiger partial charge in [0.1, 0.15) is 6.67 Å². The monoisotopic (exact) mass is 309 g/mol. The van der Waals surface area contributed by atoms with Crippen LogP contribution in [0.1, 0.15) is 29.8 Å². The van der Waals surface area contributed by atoms with Gasteiger partial charge in [-0.25, -0.2) is 0 Å². The Morgan fingerprint density at radius 3 is 2.95 bits per heavy atom. The van der Waals surface area contributed by atoms with Gasteiger partial charge in [0.25, 0.3) is 5.91 Å². The molecule has 21 heavy (non-hydrogen) atoms. The Labute approximate surface area is 127 Å². The van der Waals surface area contributed by atoms with Gasteiger partial charge in [-0.05, 0) is 36.7 Å². The minimum atomic E-state index is -0.529. The van der Waals surface area contributed by atoms with Crippen molar-refractivity contribution in [3.8, 4) is 5.75 Å². The summed E-state index contributed by atoms with van der Waals surface area (Å²) >= 11 is 1.94. The molecule has 1 aromatic rings. The predicted molar refractivity (Wildman–Crippen MR) is 82.3 cm³/mol. The number of rotatable bonds is 6. The molecule has 1 saturated carbocycles. The van der Waals surface area contributed by atoms with Crippen LogP contribution in [-0.2, 0) is 0 Å². The van der Waals surface area contributed by atoms with Gasteiger partial charge in [-0.1, -0.05) is 0 Å². The van der Waals surface area contributed by atoms with E-state index in [1.54, 1.807) is 4.90 Å². The number of fused-ring (bicyclic) bond motifs is 1. The second kappa shape index (κ2) is 6.01. The first-order valence-corrected chi connectivity index (χ1v) is 8.38. The number of nitrogens with zero attached hydrogens (tertiary/aromatic N) is 2. The van der Waals surface area contributed by atoms with Gasteiger partial charge in [-0.2, -0.15) is 11.8 Å². The van der Waals surface area contributed by atoms with Gasteiger partial charge in [0.05, 0.1) is 0 Å². The molecule has 0 atom stereocenters. The molecule has 114 valence electrons. The summed E-state index contributed by atoms with van der Waals surface area (Å²) in [7, 11) is 0. The van der Waals surface area contributed by atoms with E-state index in [2.05, 4.69) is 5.43 Å². The molecule has 7 heteroatoms. The average molecular weight is 309 g/mol. The molecule has 0 bridgehead atoms. The number of thioether (sulfide) groups is 1. The Morgan fingerprint density at radius 1 is 1.38 bits per heavy atom. The van der Waals surface area contributed by atoms with Crippen molar-refractivity contribution in [1.29, 1.82) is 0 Å². The normalized spacial score (nSPS) is 17.5.